The number of hydrogen-bond donors (Lipinski definition) is 2. The lowest BCUT2D eigenvalue weighted by molar-refractivity contribution is -0.166. The van der Waals surface area contributed by atoms with E-state index >= 15 is 0 Å². The van der Waals surface area contributed by atoms with E-state index in [0.717, 1.165) is 18.1 Å². The lowest BCUT2D eigenvalue weighted by Gasteiger charge is -2.31. The van der Waals surface area contributed by atoms with Crippen molar-refractivity contribution >= 4 is 35.8 Å². The van der Waals surface area contributed by atoms with Crippen LogP contribution in [0.15, 0.2) is 103 Å². The molecule has 0 fully saturated rings. The number of carbonyl (C=O) groups excluding carboxylic acids is 4. The van der Waals surface area contributed by atoms with Gasteiger partial charge in [-0.1, -0.05) is 104 Å². The molecule has 0 aliphatic carbocycles. The van der Waals surface area contributed by atoms with E-state index in [2.05, 4.69) is 4.74 Å². The zero-order valence-corrected chi connectivity index (χ0v) is 24.6. The average molecular weight is 603 g/mol. The molecule has 10 nitrogen and oxygen atoms in total. The second kappa shape index (κ2) is 16.9. The Bertz CT molecular complexity index is 1440. The van der Waals surface area contributed by atoms with E-state index < -0.39 is 52.7 Å². The molecule has 2 N–H and O–H groups in total. The highest BCUT2D eigenvalue weighted by Crippen LogP contribution is 2.39. The third kappa shape index (κ3) is 10.2. The first-order valence-electron chi connectivity index (χ1n) is 13.7. The zero-order chi connectivity index (χ0) is 32.7. The first-order valence-corrected chi connectivity index (χ1v) is 13.7. The Morgan fingerprint density at radius 2 is 1.18 bits per heavy atom. The monoisotopic (exact) mass is 602 g/mol. The van der Waals surface area contributed by atoms with E-state index in [-0.39, 0.29) is 12.8 Å². The standard InChI is InChI=1S/C18H20O7.C16H14O3/c1-3-9-18(17(24)25-12(2)19,11-13-7-5-4-6-8-13)14(16(22)23)10-15(20)21;1-12(17)19-16(18)15(13-8-4-2-5-9-13)14-10-6-3-7-11-14/h4-8,10H,3,9,11H2,1-2H3,(H,20,21)(H,22,23);2-11,15H,1H3/b14-10+;. The van der Waals surface area contributed by atoms with Crippen molar-refractivity contribution in [2.75, 3.05) is 0 Å². The van der Waals surface area contributed by atoms with Crippen molar-refractivity contribution in [1.82, 2.24) is 0 Å². The highest BCUT2D eigenvalue weighted by Gasteiger charge is 2.47. The minimum Gasteiger partial charge on any atom is -0.478 e. The molecule has 3 rings (SSSR count). The maximum Gasteiger partial charge on any atom is 0.333 e. The van der Waals surface area contributed by atoms with Gasteiger partial charge in [0, 0.05) is 19.9 Å². The number of carboxylic acid groups (broad SMARTS) is 2. The highest BCUT2D eigenvalue weighted by molar-refractivity contribution is 6.03. The molecular weight excluding hydrogens is 568 g/mol. The number of esters is 4. The van der Waals surface area contributed by atoms with Crippen molar-refractivity contribution < 1.29 is 48.5 Å². The van der Waals surface area contributed by atoms with Gasteiger partial charge < -0.3 is 19.7 Å². The summed E-state index contributed by atoms with van der Waals surface area (Å²) in [6, 6.07) is 27.1. The number of benzene rings is 3. The molecule has 0 aliphatic heterocycles. The molecule has 3 aromatic rings. The Kier molecular flexibility index (Phi) is 13.4. The third-order valence-electron chi connectivity index (χ3n) is 6.41. The average Bonchev–Trinajstić information content (AvgIpc) is 2.97. The molecule has 0 heterocycles. The molecule has 0 aliphatic rings. The van der Waals surface area contributed by atoms with E-state index in [4.69, 9.17) is 9.84 Å². The Morgan fingerprint density at radius 3 is 1.57 bits per heavy atom. The highest BCUT2D eigenvalue weighted by atomic mass is 16.6. The van der Waals surface area contributed by atoms with Crippen LogP contribution in [0.5, 0.6) is 0 Å². The summed E-state index contributed by atoms with van der Waals surface area (Å²) in [4.78, 5) is 69.8. The second-order valence-electron chi connectivity index (χ2n) is 9.74. The molecule has 0 aromatic heterocycles. The largest absolute Gasteiger partial charge is 0.478 e. The van der Waals surface area contributed by atoms with Crippen LogP contribution in [-0.2, 0) is 44.7 Å². The summed E-state index contributed by atoms with van der Waals surface area (Å²) < 4.78 is 9.42. The molecule has 0 radical (unpaired) electrons. The molecule has 44 heavy (non-hydrogen) atoms. The van der Waals surface area contributed by atoms with Crippen LogP contribution in [0, 0.1) is 5.41 Å². The summed E-state index contributed by atoms with van der Waals surface area (Å²) in [5.41, 5.74) is -0.169. The van der Waals surface area contributed by atoms with Crippen LogP contribution in [0.25, 0.3) is 0 Å². The van der Waals surface area contributed by atoms with Gasteiger partial charge in [-0.15, -0.1) is 0 Å². The van der Waals surface area contributed by atoms with Crippen LogP contribution in [0.3, 0.4) is 0 Å². The van der Waals surface area contributed by atoms with Crippen LogP contribution >= 0.6 is 0 Å². The first kappa shape index (κ1) is 34.8. The normalized spacial score (nSPS) is 12.1. The molecule has 0 amide bonds. The number of aliphatic carboxylic acids is 2. The molecule has 0 bridgehead atoms. The fourth-order valence-corrected chi connectivity index (χ4v) is 4.69. The quantitative estimate of drug-likeness (QED) is 0.171. The number of rotatable bonds is 11. The first-order chi connectivity index (χ1) is 20.9. The maximum absolute atomic E-state index is 12.7. The topological polar surface area (TPSA) is 161 Å². The van der Waals surface area contributed by atoms with Crippen molar-refractivity contribution in [3.63, 3.8) is 0 Å². The molecule has 0 spiro atoms. The van der Waals surface area contributed by atoms with Gasteiger partial charge in [0.05, 0.1) is 5.57 Å². The number of hydrogen-bond acceptors (Lipinski definition) is 8. The van der Waals surface area contributed by atoms with Crippen molar-refractivity contribution in [2.45, 2.75) is 46.0 Å². The van der Waals surface area contributed by atoms with Crippen LogP contribution in [0.2, 0.25) is 0 Å². The van der Waals surface area contributed by atoms with Crippen LogP contribution < -0.4 is 0 Å². The van der Waals surface area contributed by atoms with Gasteiger partial charge >= 0.3 is 35.8 Å². The molecule has 230 valence electrons. The summed E-state index contributed by atoms with van der Waals surface area (Å²) in [5, 5.41) is 18.6. The van der Waals surface area contributed by atoms with Gasteiger partial charge in [-0.2, -0.15) is 0 Å². The summed E-state index contributed by atoms with van der Waals surface area (Å²) in [5.74, 6) is -6.73. The van der Waals surface area contributed by atoms with Crippen molar-refractivity contribution in [3.05, 3.63) is 119 Å². The van der Waals surface area contributed by atoms with Gasteiger partial charge in [-0.05, 0) is 29.5 Å². The fourth-order valence-electron chi connectivity index (χ4n) is 4.69. The summed E-state index contributed by atoms with van der Waals surface area (Å²) in [6.07, 6.45) is 0.783. The number of ether oxygens (including phenoxy) is 2. The number of carbonyl (C=O) groups is 6. The zero-order valence-electron chi connectivity index (χ0n) is 24.6. The van der Waals surface area contributed by atoms with Gasteiger partial charge in [0.25, 0.3) is 0 Å². The van der Waals surface area contributed by atoms with E-state index in [1.807, 2.05) is 60.7 Å². The Hall–Kier alpha value is -5.38. The molecular formula is C34H34O10. The van der Waals surface area contributed by atoms with Crippen LogP contribution in [-0.4, -0.2) is 46.0 Å². The maximum atomic E-state index is 12.7. The SMILES string of the molecule is CC(=O)OC(=O)C(c1ccccc1)c1ccccc1.CCCC(Cc1ccccc1)(C(=O)OC(C)=O)/C(=C/C(=O)O)C(=O)O. The summed E-state index contributed by atoms with van der Waals surface area (Å²) in [6.45, 7) is 3.98. The second-order valence-corrected chi connectivity index (χ2v) is 9.74. The predicted octanol–water partition coefficient (Wildman–Crippen LogP) is 5.11. The van der Waals surface area contributed by atoms with Crippen molar-refractivity contribution in [1.29, 1.82) is 0 Å². The Balaban J connectivity index is 0.000000317. The van der Waals surface area contributed by atoms with Gasteiger partial charge in [0.2, 0.25) is 0 Å². The Morgan fingerprint density at radius 1 is 0.727 bits per heavy atom. The smallest absolute Gasteiger partial charge is 0.333 e. The van der Waals surface area contributed by atoms with Gasteiger partial charge in [-0.3, -0.25) is 19.2 Å². The lowest BCUT2D eigenvalue weighted by Crippen LogP contribution is -2.41. The van der Waals surface area contributed by atoms with Crippen molar-refractivity contribution in [2.24, 2.45) is 5.41 Å². The summed E-state index contributed by atoms with van der Waals surface area (Å²) in [7, 11) is 0. The molecule has 0 saturated carbocycles. The predicted molar refractivity (Wildman–Crippen MR) is 159 cm³/mol. The van der Waals surface area contributed by atoms with Crippen molar-refractivity contribution in [3.8, 4) is 0 Å². The van der Waals surface area contributed by atoms with E-state index in [1.54, 1.807) is 37.3 Å². The lowest BCUT2D eigenvalue weighted by atomic mass is 9.71. The minimum atomic E-state index is -1.79. The van der Waals surface area contributed by atoms with E-state index in [0.29, 0.717) is 18.1 Å². The van der Waals surface area contributed by atoms with Crippen LogP contribution in [0.1, 0.15) is 56.2 Å². The molecule has 10 heteroatoms. The van der Waals surface area contributed by atoms with Gasteiger partial charge in [0.15, 0.2) is 0 Å². The van der Waals surface area contributed by atoms with Gasteiger partial charge in [0.1, 0.15) is 11.3 Å². The Labute approximate surface area is 254 Å². The summed E-state index contributed by atoms with van der Waals surface area (Å²) >= 11 is 0. The minimum absolute atomic E-state index is 0.0133. The molecule has 0 saturated heterocycles. The number of carboxylic acids is 2. The van der Waals surface area contributed by atoms with E-state index in [9.17, 15) is 33.9 Å². The molecule has 1 unspecified atom stereocenters. The molecule has 1 atom stereocenters. The van der Waals surface area contributed by atoms with Gasteiger partial charge in [-0.25, -0.2) is 9.59 Å². The fraction of sp³-hybridized carbons (Fsp3) is 0.235. The van der Waals surface area contributed by atoms with E-state index in [1.165, 1.54) is 6.92 Å². The molecule has 3 aromatic carbocycles. The third-order valence-corrected chi connectivity index (χ3v) is 6.41. The van der Waals surface area contributed by atoms with Crippen LogP contribution in [0.4, 0.5) is 0 Å².